The van der Waals surface area contributed by atoms with Gasteiger partial charge in [-0.15, -0.1) is 0 Å². The summed E-state index contributed by atoms with van der Waals surface area (Å²) in [6, 6.07) is 2.11. The molecule has 0 aliphatic carbocycles. The Morgan fingerprint density at radius 2 is 2.07 bits per heavy atom. The summed E-state index contributed by atoms with van der Waals surface area (Å²) in [5.41, 5.74) is 3.74. The highest BCUT2D eigenvalue weighted by atomic mass is 79.9. The lowest BCUT2D eigenvalue weighted by molar-refractivity contribution is 0.405. The van der Waals surface area contributed by atoms with E-state index in [0.29, 0.717) is 0 Å². The summed E-state index contributed by atoms with van der Waals surface area (Å²) < 4.78 is 6.62. The molecular weight excluding hydrogens is 254 g/mol. The SMILES string of the molecule is CNCCc1c(C)c(Br)cc(C)c1OC. The van der Waals surface area contributed by atoms with Crippen LogP contribution in [0.15, 0.2) is 10.5 Å². The van der Waals surface area contributed by atoms with E-state index in [0.717, 1.165) is 23.2 Å². The minimum absolute atomic E-state index is 0.965. The topological polar surface area (TPSA) is 21.3 Å². The van der Waals surface area contributed by atoms with Crippen LogP contribution in [0.4, 0.5) is 0 Å². The molecule has 15 heavy (non-hydrogen) atoms. The first-order valence-corrected chi connectivity index (χ1v) is 5.88. The van der Waals surface area contributed by atoms with E-state index in [2.05, 4.69) is 41.2 Å². The van der Waals surface area contributed by atoms with E-state index >= 15 is 0 Å². The molecule has 1 aromatic carbocycles. The molecule has 0 aromatic heterocycles. The predicted octanol–water partition coefficient (Wildman–Crippen LogP) is 2.84. The van der Waals surface area contributed by atoms with Crippen molar-refractivity contribution in [3.05, 3.63) is 27.2 Å². The Morgan fingerprint density at radius 1 is 1.40 bits per heavy atom. The third-order valence-electron chi connectivity index (χ3n) is 2.62. The van der Waals surface area contributed by atoms with E-state index in [1.54, 1.807) is 7.11 Å². The number of halogens is 1. The van der Waals surface area contributed by atoms with Crippen LogP contribution < -0.4 is 10.1 Å². The van der Waals surface area contributed by atoms with E-state index in [1.807, 2.05) is 7.05 Å². The molecule has 0 aliphatic rings. The Morgan fingerprint density at radius 3 is 2.60 bits per heavy atom. The van der Waals surface area contributed by atoms with Gasteiger partial charge in [0.05, 0.1) is 7.11 Å². The zero-order valence-electron chi connectivity index (χ0n) is 9.78. The highest BCUT2D eigenvalue weighted by Crippen LogP contribution is 2.32. The molecule has 0 aliphatic heterocycles. The number of likely N-dealkylation sites (N-methyl/N-ethyl adjacent to an activating group) is 1. The van der Waals surface area contributed by atoms with E-state index in [-0.39, 0.29) is 0 Å². The zero-order chi connectivity index (χ0) is 11.4. The Bertz CT molecular complexity index is 350. The standard InChI is InChI=1S/C12H18BrNO/c1-8-7-11(13)9(2)10(5-6-14-3)12(8)15-4/h7,14H,5-6H2,1-4H3. The molecule has 0 atom stereocenters. The number of benzene rings is 1. The highest BCUT2D eigenvalue weighted by Gasteiger charge is 2.12. The van der Waals surface area contributed by atoms with Crippen LogP contribution in [0, 0.1) is 13.8 Å². The van der Waals surface area contributed by atoms with Crippen LogP contribution in [-0.2, 0) is 6.42 Å². The smallest absolute Gasteiger partial charge is 0.125 e. The van der Waals surface area contributed by atoms with Gasteiger partial charge in [-0.25, -0.2) is 0 Å². The number of rotatable bonds is 4. The van der Waals surface area contributed by atoms with Gasteiger partial charge in [0.2, 0.25) is 0 Å². The van der Waals surface area contributed by atoms with Crippen LogP contribution in [0.3, 0.4) is 0 Å². The Kier molecular flexibility index (Phi) is 4.61. The van der Waals surface area contributed by atoms with E-state index < -0.39 is 0 Å². The number of ether oxygens (including phenoxy) is 1. The van der Waals surface area contributed by atoms with Gasteiger partial charge in [-0.05, 0) is 56.6 Å². The Hall–Kier alpha value is -0.540. The molecule has 1 N–H and O–H groups in total. The number of methoxy groups -OCH3 is 1. The van der Waals surface area contributed by atoms with Gasteiger partial charge >= 0.3 is 0 Å². The number of nitrogens with one attached hydrogen (secondary N) is 1. The van der Waals surface area contributed by atoms with E-state index in [9.17, 15) is 0 Å². The highest BCUT2D eigenvalue weighted by molar-refractivity contribution is 9.10. The molecule has 0 unspecified atom stereocenters. The fourth-order valence-corrected chi connectivity index (χ4v) is 2.33. The maximum atomic E-state index is 5.46. The summed E-state index contributed by atoms with van der Waals surface area (Å²) in [7, 11) is 3.70. The second-order valence-electron chi connectivity index (χ2n) is 3.67. The number of aryl methyl sites for hydroxylation is 1. The van der Waals surface area contributed by atoms with Crippen molar-refractivity contribution in [1.82, 2.24) is 5.32 Å². The van der Waals surface area contributed by atoms with Crippen molar-refractivity contribution < 1.29 is 4.74 Å². The Labute approximate surface area is 100 Å². The Balaban J connectivity index is 3.18. The summed E-state index contributed by atoms with van der Waals surface area (Å²) in [6.45, 7) is 5.16. The van der Waals surface area contributed by atoms with Crippen molar-refractivity contribution in [2.45, 2.75) is 20.3 Å². The van der Waals surface area contributed by atoms with Gasteiger partial charge in [0.1, 0.15) is 5.75 Å². The third-order valence-corrected chi connectivity index (χ3v) is 3.44. The van der Waals surface area contributed by atoms with Crippen LogP contribution in [-0.4, -0.2) is 20.7 Å². The average Bonchev–Trinajstić information content (AvgIpc) is 2.21. The molecule has 0 heterocycles. The fraction of sp³-hybridized carbons (Fsp3) is 0.500. The third kappa shape index (κ3) is 2.73. The van der Waals surface area contributed by atoms with Crippen LogP contribution in [0.5, 0.6) is 5.75 Å². The van der Waals surface area contributed by atoms with E-state index in [1.165, 1.54) is 16.7 Å². The maximum absolute atomic E-state index is 5.46. The predicted molar refractivity (Wildman–Crippen MR) is 67.8 cm³/mol. The van der Waals surface area contributed by atoms with Gasteiger partial charge in [0.15, 0.2) is 0 Å². The summed E-state index contributed by atoms with van der Waals surface area (Å²) >= 11 is 3.58. The van der Waals surface area contributed by atoms with Crippen molar-refractivity contribution in [3.63, 3.8) is 0 Å². The molecule has 0 saturated carbocycles. The van der Waals surface area contributed by atoms with Gasteiger partial charge in [0, 0.05) is 4.47 Å². The first-order valence-electron chi connectivity index (χ1n) is 5.09. The fourth-order valence-electron chi connectivity index (χ4n) is 1.75. The van der Waals surface area contributed by atoms with Crippen LogP contribution in [0.1, 0.15) is 16.7 Å². The van der Waals surface area contributed by atoms with Crippen molar-refractivity contribution in [1.29, 1.82) is 0 Å². The van der Waals surface area contributed by atoms with Crippen molar-refractivity contribution in [2.24, 2.45) is 0 Å². The summed E-state index contributed by atoms with van der Waals surface area (Å²) in [6.07, 6.45) is 0.992. The van der Waals surface area contributed by atoms with Crippen LogP contribution in [0.25, 0.3) is 0 Å². The van der Waals surface area contributed by atoms with Crippen LogP contribution >= 0.6 is 15.9 Å². The number of hydrogen-bond acceptors (Lipinski definition) is 2. The normalized spacial score (nSPS) is 10.5. The summed E-state index contributed by atoms with van der Waals surface area (Å²) in [5, 5.41) is 3.16. The van der Waals surface area contributed by atoms with Gasteiger partial charge in [-0.1, -0.05) is 15.9 Å². The quantitative estimate of drug-likeness (QED) is 0.910. The van der Waals surface area contributed by atoms with Crippen molar-refractivity contribution >= 4 is 15.9 Å². The van der Waals surface area contributed by atoms with Gasteiger partial charge in [-0.3, -0.25) is 0 Å². The molecule has 0 spiro atoms. The minimum atomic E-state index is 0.965. The largest absolute Gasteiger partial charge is 0.496 e. The molecule has 1 rings (SSSR count). The lowest BCUT2D eigenvalue weighted by Crippen LogP contribution is -2.12. The first kappa shape index (κ1) is 12.5. The molecule has 3 heteroatoms. The monoisotopic (exact) mass is 271 g/mol. The first-order chi connectivity index (χ1) is 7.11. The average molecular weight is 272 g/mol. The van der Waals surface area contributed by atoms with Crippen molar-refractivity contribution in [2.75, 3.05) is 20.7 Å². The molecule has 2 nitrogen and oxygen atoms in total. The van der Waals surface area contributed by atoms with Gasteiger partial charge in [-0.2, -0.15) is 0 Å². The maximum Gasteiger partial charge on any atom is 0.125 e. The molecule has 1 aromatic rings. The van der Waals surface area contributed by atoms with Gasteiger partial charge in [0.25, 0.3) is 0 Å². The zero-order valence-corrected chi connectivity index (χ0v) is 11.4. The second kappa shape index (κ2) is 5.52. The molecule has 0 saturated heterocycles. The molecule has 0 bridgehead atoms. The minimum Gasteiger partial charge on any atom is -0.496 e. The number of hydrogen-bond donors (Lipinski definition) is 1. The molecular formula is C12H18BrNO. The molecule has 84 valence electrons. The summed E-state index contributed by atoms with van der Waals surface area (Å²) in [4.78, 5) is 0. The van der Waals surface area contributed by atoms with Crippen LogP contribution in [0.2, 0.25) is 0 Å². The van der Waals surface area contributed by atoms with E-state index in [4.69, 9.17) is 4.74 Å². The lowest BCUT2D eigenvalue weighted by Gasteiger charge is -2.15. The molecule has 0 radical (unpaired) electrons. The second-order valence-corrected chi connectivity index (χ2v) is 4.52. The lowest BCUT2D eigenvalue weighted by atomic mass is 10.0. The van der Waals surface area contributed by atoms with Crippen molar-refractivity contribution in [3.8, 4) is 5.75 Å². The van der Waals surface area contributed by atoms with Gasteiger partial charge < -0.3 is 10.1 Å². The molecule has 0 fully saturated rings. The summed E-state index contributed by atoms with van der Waals surface area (Å²) in [5.74, 6) is 1.02. The molecule has 0 amide bonds.